The lowest BCUT2D eigenvalue weighted by Crippen LogP contribution is -2.43. The second kappa shape index (κ2) is 10.3. The molecule has 2 aromatic rings. The van der Waals surface area contributed by atoms with Crippen LogP contribution in [0.2, 0.25) is 5.02 Å². The van der Waals surface area contributed by atoms with Gasteiger partial charge in [-0.3, -0.25) is 4.79 Å². The molecule has 6 nitrogen and oxygen atoms in total. The molecule has 30 heavy (non-hydrogen) atoms. The molecule has 8 heteroatoms. The molecule has 0 radical (unpaired) electrons. The van der Waals surface area contributed by atoms with Crippen molar-refractivity contribution in [2.75, 3.05) is 19.7 Å². The van der Waals surface area contributed by atoms with E-state index in [2.05, 4.69) is 5.32 Å². The minimum absolute atomic E-state index is 0.0317. The number of carbonyl (C=O) groups excluding carboxylic acids is 1. The number of rotatable bonds is 8. The second-order valence-electron chi connectivity index (χ2n) is 7.35. The van der Waals surface area contributed by atoms with Crippen molar-refractivity contribution in [2.24, 2.45) is 5.92 Å². The van der Waals surface area contributed by atoms with Gasteiger partial charge in [0.05, 0.1) is 12.4 Å². The van der Waals surface area contributed by atoms with Crippen LogP contribution < -0.4 is 10.1 Å². The summed E-state index contributed by atoms with van der Waals surface area (Å²) in [5.41, 5.74) is 1.66. The topological polar surface area (TPSA) is 75.7 Å². The third-order valence-electron chi connectivity index (χ3n) is 5.16. The van der Waals surface area contributed by atoms with Gasteiger partial charge in [0.2, 0.25) is 15.9 Å². The Balaban J connectivity index is 1.47. The Morgan fingerprint density at radius 3 is 2.47 bits per heavy atom. The number of carbonyl (C=O) groups is 1. The fourth-order valence-corrected chi connectivity index (χ4v) is 5.29. The summed E-state index contributed by atoms with van der Waals surface area (Å²) in [6.45, 7) is 3.69. The van der Waals surface area contributed by atoms with E-state index in [9.17, 15) is 13.2 Å². The molecular weight excluding hydrogens is 424 g/mol. The maximum absolute atomic E-state index is 12.7. The molecule has 0 aliphatic carbocycles. The number of nitrogens with one attached hydrogen (secondary N) is 1. The van der Waals surface area contributed by atoms with E-state index in [0.717, 1.165) is 11.3 Å². The highest BCUT2D eigenvalue weighted by Crippen LogP contribution is 2.23. The van der Waals surface area contributed by atoms with E-state index in [1.165, 1.54) is 4.31 Å². The second-order valence-corrected chi connectivity index (χ2v) is 9.76. The minimum Gasteiger partial charge on any atom is -0.494 e. The van der Waals surface area contributed by atoms with Gasteiger partial charge in [0.25, 0.3) is 0 Å². The summed E-state index contributed by atoms with van der Waals surface area (Å²) in [6.07, 6.45) is 1.04. The highest BCUT2D eigenvalue weighted by Gasteiger charge is 2.31. The summed E-state index contributed by atoms with van der Waals surface area (Å²) >= 11 is 5.95. The number of ether oxygens (including phenoxy) is 1. The molecule has 1 aliphatic heterocycles. The maximum atomic E-state index is 12.7. The predicted octanol–water partition coefficient (Wildman–Crippen LogP) is 3.60. The Labute approximate surface area is 183 Å². The molecule has 0 spiro atoms. The van der Waals surface area contributed by atoms with Crippen LogP contribution in [0.5, 0.6) is 5.75 Å². The van der Waals surface area contributed by atoms with Crippen molar-refractivity contribution < 1.29 is 17.9 Å². The van der Waals surface area contributed by atoms with Gasteiger partial charge in [0, 0.05) is 30.6 Å². The molecule has 0 unspecified atom stereocenters. The molecule has 1 fully saturated rings. The first kappa shape index (κ1) is 22.6. The SMILES string of the molecule is CCOc1ccc(CNC(=O)C2CCN(S(=O)(=O)Cc3cccc(Cl)c3)CC2)cc1. The fourth-order valence-electron chi connectivity index (χ4n) is 3.53. The largest absolute Gasteiger partial charge is 0.494 e. The predicted molar refractivity (Wildman–Crippen MR) is 118 cm³/mol. The van der Waals surface area contributed by atoms with Crippen molar-refractivity contribution >= 4 is 27.5 Å². The minimum atomic E-state index is -3.44. The normalized spacial score (nSPS) is 15.7. The van der Waals surface area contributed by atoms with E-state index in [-0.39, 0.29) is 17.6 Å². The number of sulfonamides is 1. The first-order valence-corrected chi connectivity index (χ1v) is 12.1. The van der Waals surface area contributed by atoms with Gasteiger partial charge >= 0.3 is 0 Å². The van der Waals surface area contributed by atoms with Crippen LogP contribution in [0.4, 0.5) is 0 Å². The summed E-state index contributed by atoms with van der Waals surface area (Å²) in [5, 5.41) is 3.48. The Hall–Kier alpha value is -2.09. The Morgan fingerprint density at radius 2 is 1.83 bits per heavy atom. The molecule has 0 bridgehead atoms. The number of halogens is 1. The van der Waals surface area contributed by atoms with Crippen LogP contribution in [0.3, 0.4) is 0 Å². The van der Waals surface area contributed by atoms with Crippen LogP contribution in [-0.4, -0.2) is 38.3 Å². The number of hydrogen-bond donors (Lipinski definition) is 1. The zero-order valence-electron chi connectivity index (χ0n) is 17.0. The van der Waals surface area contributed by atoms with Gasteiger partial charge in [-0.1, -0.05) is 35.9 Å². The molecule has 1 N–H and O–H groups in total. The van der Waals surface area contributed by atoms with E-state index < -0.39 is 10.0 Å². The third-order valence-corrected chi connectivity index (χ3v) is 7.24. The molecule has 162 valence electrons. The Morgan fingerprint density at radius 1 is 1.13 bits per heavy atom. The van der Waals surface area contributed by atoms with E-state index in [1.807, 2.05) is 31.2 Å². The van der Waals surface area contributed by atoms with Crippen molar-refractivity contribution in [1.82, 2.24) is 9.62 Å². The smallest absolute Gasteiger partial charge is 0.223 e. The van der Waals surface area contributed by atoms with Crippen molar-refractivity contribution in [3.63, 3.8) is 0 Å². The standard InChI is InChI=1S/C22H27ClN2O4S/c1-2-29-21-8-6-17(7-9-21)15-24-22(26)19-10-12-25(13-11-19)30(27,28)16-18-4-3-5-20(23)14-18/h3-9,14,19H,2,10-13,15-16H2,1H3,(H,24,26). The average Bonchev–Trinajstić information content (AvgIpc) is 2.73. The summed E-state index contributed by atoms with van der Waals surface area (Å²) in [5.74, 6) is 0.516. The van der Waals surface area contributed by atoms with Gasteiger partial charge in [-0.25, -0.2) is 12.7 Å². The zero-order chi connectivity index (χ0) is 21.6. The summed E-state index contributed by atoms with van der Waals surface area (Å²) in [7, 11) is -3.44. The molecule has 0 saturated carbocycles. The number of piperidine rings is 1. The van der Waals surface area contributed by atoms with E-state index in [1.54, 1.807) is 24.3 Å². The van der Waals surface area contributed by atoms with Crippen LogP contribution in [0.25, 0.3) is 0 Å². The van der Waals surface area contributed by atoms with Gasteiger partial charge in [0.15, 0.2) is 0 Å². The zero-order valence-corrected chi connectivity index (χ0v) is 18.6. The van der Waals surface area contributed by atoms with Crippen LogP contribution in [0.1, 0.15) is 30.9 Å². The lowest BCUT2D eigenvalue weighted by Gasteiger charge is -2.30. The lowest BCUT2D eigenvalue weighted by atomic mass is 9.97. The molecule has 2 aromatic carbocycles. The highest BCUT2D eigenvalue weighted by molar-refractivity contribution is 7.88. The molecule has 1 amide bonds. The highest BCUT2D eigenvalue weighted by atomic mass is 35.5. The van der Waals surface area contributed by atoms with Gasteiger partial charge in [-0.15, -0.1) is 0 Å². The monoisotopic (exact) mass is 450 g/mol. The van der Waals surface area contributed by atoms with E-state index in [4.69, 9.17) is 16.3 Å². The molecule has 3 rings (SSSR count). The van der Waals surface area contributed by atoms with Crippen molar-refractivity contribution in [1.29, 1.82) is 0 Å². The van der Waals surface area contributed by atoms with Gasteiger partial charge in [-0.2, -0.15) is 0 Å². The average molecular weight is 451 g/mol. The third kappa shape index (κ3) is 6.20. The van der Waals surface area contributed by atoms with Crippen molar-refractivity contribution in [3.8, 4) is 5.75 Å². The summed E-state index contributed by atoms with van der Waals surface area (Å²) < 4.78 is 32.3. The summed E-state index contributed by atoms with van der Waals surface area (Å²) in [6, 6.07) is 14.5. The number of benzene rings is 2. The van der Waals surface area contributed by atoms with Crippen LogP contribution in [0.15, 0.2) is 48.5 Å². The molecule has 1 heterocycles. The van der Waals surface area contributed by atoms with E-state index in [0.29, 0.717) is 49.7 Å². The lowest BCUT2D eigenvalue weighted by molar-refractivity contribution is -0.126. The molecule has 1 saturated heterocycles. The first-order chi connectivity index (χ1) is 14.4. The maximum Gasteiger partial charge on any atom is 0.223 e. The van der Waals surface area contributed by atoms with E-state index >= 15 is 0 Å². The quantitative estimate of drug-likeness (QED) is 0.666. The summed E-state index contributed by atoms with van der Waals surface area (Å²) in [4.78, 5) is 12.5. The molecule has 0 atom stereocenters. The van der Waals surface area contributed by atoms with Crippen LogP contribution in [0, 0.1) is 5.92 Å². The fraction of sp³-hybridized carbons (Fsp3) is 0.409. The van der Waals surface area contributed by atoms with Crippen LogP contribution >= 0.6 is 11.6 Å². The Kier molecular flexibility index (Phi) is 7.75. The molecular formula is C22H27ClN2O4S. The molecule has 0 aromatic heterocycles. The number of nitrogens with zero attached hydrogens (tertiary/aromatic N) is 1. The van der Waals surface area contributed by atoms with Crippen LogP contribution in [-0.2, 0) is 27.1 Å². The van der Waals surface area contributed by atoms with Gasteiger partial charge in [0.1, 0.15) is 5.75 Å². The van der Waals surface area contributed by atoms with Gasteiger partial charge in [-0.05, 0) is 55.2 Å². The van der Waals surface area contributed by atoms with Crippen molar-refractivity contribution in [3.05, 3.63) is 64.7 Å². The number of amides is 1. The first-order valence-electron chi connectivity index (χ1n) is 10.1. The Bertz CT molecular complexity index is 955. The van der Waals surface area contributed by atoms with Gasteiger partial charge < -0.3 is 10.1 Å². The number of hydrogen-bond acceptors (Lipinski definition) is 4. The molecule has 1 aliphatic rings. The van der Waals surface area contributed by atoms with Crippen molar-refractivity contribution in [2.45, 2.75) is 32.1 Å².